The van der Waals surface area contributed by atoms with Crippen molar-refractivity contribution in [3.63, 3.8) is 0 Å². The molecule has 1 unspecified atom stereocenters. The van der Waals surface area contributed by atoms with Crippen molar-refractivity contribution in [3.05, 3.63) is 47.3 Å². The molecule has 8 nitrogen and oxygen atoms in total. The maximum absolute atomic E-state index is 13.7. The number of para-hydroxylation sites is 1. The number of morpholine rings is 1. The van der Waals surface area contributed by atoms with Crippen LogP contribution in [0.15, 0.2) is 34.9 Å². The van der Waals surface area contributed by atoms with E-state index in [1.807, 2.05) is 25.1 Å². The van der Waals surface area contributed by atoms with Crippen molar-refractivity contribution in [1.29, 1.82) is 0 Å². The molecule has 0 N–H and O–H groups in total. The van der Waals surface area contributed by atoms with E-state index in [4.69, 9.17) is 14.0 Å². The highest BCUT2D eigenvalue weighted by Crippen LogP contribution is 2.30. The number of nitrogens with zero attached hydrogens (tertiary/aromatic N) is 3. The molecule has 0 saturated carbocycles. The molecule has 4 rings (SSSR count). The maximum Gasteiger partial charge on any atom is 0.292 e. The second-order valence-electron chi connectivity index (χ2n) is 8.45. The number of ether oxygens (including phenoxy) is 2. The van der Waals surface area contributed by atoms with Crippen molar-refractivity contribution in [2.75, 3.05) is 39.4 Å². The number of fused-ring (bicyclic) bond motifs is 1. The van der Waals surface area contributed by atoms with Gasteiger partial charge in [0.25, 0.3) is 11.8 Å². The third-order valence-corrected chi connectivity index (χ3v) is 6.24. The summed E-state index contributed by atoms with van der Waals surface area (Å²) in [6, 6.07) is 9.70. The SMILES string of the molecule is CCN1CCOc2ccccc2CCCCC2(CN(C(=O)c3cc(C)no3)CCO2)C1=O. The molecule has 2 amide bonds. The topological polar surface area (TPSA) is 85.1 Å². The smallest absolute Gasteiger partial charge is 0.292 e. The Morgan fingerprint density at radius 2 is 2.03 bits per heavy atom. The van der Waals surface area contributed by atoms with Gasteiger partial charge in [-0.2, -0.15) is 0 Å². The molecule has 0 bridgehead atoms. The molecule has 2 aliphatic rings. The average molecular weight is 442 g/mol. The Balaban J connectivity index is 1.56. The number of carbonyl (C=O) groups is 2. The summed E-state index contributed by atoms with van der Waals surface area (Å²) in [5.74, 6) is 0.744. The zero-order valence-corrected chi connectivity index (χ0v) is 18.8. The molecule has 0 radical (unpaired) electrons. The summed E-state index contributed by atoms with van der Waals surface area (Å²) < 4.78 is 17.4. The predicted octanol–water partition coefficient (Wildman–Crippen LogP) is 2.85. The fraction of sp³-hybridized carbons (Fsp3) is 0.542. The van der Waals surface area contributed by atoms with Gasteiger partial charge in [-0.1, -0.05) is 23.4 Å². The zero-order chi connectivity index (χ0) is 22.6. The summed E-state index contributed by atoms with van der Waals surface area (Å²) in [6.45, 7) is 6.07. The van der Waals surface area contributed by atoms with E-state index >= 15 is 0 Å². The summed E-state index contributed by atoms with van der Waals surface area (Å²) in [7, 11) is 0. The number of hydrogen-bond acceptors (Lipinski definition) is 6. The van der Waals surface area contributed by atoms with Crippen LogP contribution in [-0.2, 0) is 16.0 Å². The van der Waals surface area contributed by atoms with Crippen LogP contribution in [0.5, 0.6) is 5.75 Å². The predicted molar refractivity (Wildman–Crippen MR) is 118 cm³/mol. The molecule has 1 spiro atoms. The van der Waals surface area contributed by atoms with Crippen LogP contribution in [0, 0.1) is 6.92 Å². The van der Waals surface area contributed by atoms with Gasteiger partial charge in [0.05, 0.1) is 25.4 Å². The number of aryl methyl sites for hydroxylation is 2. The first kappa shape index (κ1) is 22.3. The minimum atomic E-state index is -1.06. The van der Waals surface area contributed by atoms with Gasteiger partial charge in [0.15, 0.2) is 5.60 Å². The van der Waals surface area contributed by atoms with Crippen molar-refractivity contribution in [2.24, 2.45) is 0 Å². The summed E-state index contributed by atoms with van der Waals surface area (Å²) in [5.41, 5.74) is 0.770. The van der Waals surface area contributed by atoms with Crippen LogP contribution in [0.25, 0.3) is 0 Å². The van der Waals surface area contributed by atoms with E-state index in [9.17, 15) is 9.59 Å². The summed E-state index contributed by atoms with van der Waals surface area (Å²) in [6.07, 6.45) is 3.14. The van der Waals surface area contributed by atoms with Gasteiger partial charge < -0.3 is 23.8 Å². The van der Waals surface area contributed by atoms with E-state index in [0.717, 1.165) is 25.0 Å². The molecule has 1 saturated heterocycles. The normalized spacial score (nSPS) is 22.6. The van der Waals surface area contributed by atoms with E-state index in [-0.39, 0.29) is 24.1 Å². The van der Waals surface area contributed by atoms with E-state index in [1.54, 1.807) is 22.8 Å². The van der Waals surface area contributed by atoms with Crippen LogP contribution < -0.4 is 4.74 Å². The average Bonchev–Trinajstić information content (AvgIpc) is 3.25. The molecule has 32 heavy (non-hydrogen) atoms. The number of likely N-dealkylation sites (N-methyl/N-ethyl adjacent to an activating group) is 1. The quantitative estimate of drug-likeness (QED) is 0.713. The molecule has 1 aromatic carbocycles. The van der Waals surface area contributed by atoms with Gasteiger partial charge >= 0.3 is 0 Å². The minimum absolute atomic E-state index is 0.0799. The van der Waals surface area contributed by atoms with Crippen molar-refractivity contribution in [1.82, 2.24) is 15.0 Å². The Labute approximate surface area is 188 Å². The first-order valence-electron chi connectivity index (χ1n) is 11.4. The number of carbonyl (C=O) groups excluding carboxylic acids is 2. The summed E-state index contributed by atoms with van der Waals surface area (Å²) in [5, 5.41) is 3.82. The summed E-state index contributed by atoms with van der Waals surface area (Å²) in [4.78, 5) is 30.1. The van der Waals surface area contributed by atoms with E-state index in [2.05, 4.69) is 11.2 Å². The Hall–Kier alpha value is -2.87. The van der Waals surface area contributed by atoms with Gasteiger partial charge in [-0.05, 0) is 51.2 Å². The highest BCUT2D eigenvalue weighted by atomic mass is 16.5. The van der Waals surface area contributed by atoms with Gasteiger partial charge in [0.1, 0.15) is 12.4 Å². The molecule has 2 aliphatic heterocycles. The molecule has 0 aliphatic carbocycles. The monoisotopic (exact) mass is 441 g/mol. The third-order valence-electron chi connectivity index (χ3n) is 6.24. The Bertz CT molecular complexity index is 959. The number of amides is 2. The molecule has 2 aromatic rings. The molecular weight excluding hydrogens is 410 g/mol. The third kappa shape index (κ3) is 4.65. The number of rotatable bonds is 2. The van der Waals surface area contributed by atoms with Crippen molar-refractivity contribution < 1.29 is 23.6 Å². The highest BCUT2D eigenvalue weighted by molar-refractivity contribution is 5.93. The standard InChI is InChI=1S/C24H31N3O5/c1-3-26-12-14-30-20-10-5-4-8-19(20)9-6-7-11-24(23(26)29)17-27(13-15-31-24)22(28)21-16-18(2)25-32-21/h4-5,8,10,16H,3,6-7,9,11-15,17H2,1-2H3. The second kappa shape index (κ2) is 9.73. The molecule has 1 aromatic heterocycles. The fourth-order valence-electron chi connectivity index (χ4n) is 4.50. The lowest BCUT2D eigenvalue weighted by molar-refractivity contribution is -0.170. The molecule has 1 fully saturated rings. The van der Waals surface area contributed by atoms with Gasteiger partial charge in [0.2, 0.25) is 5.76 Å². The van der Waals surface area contributed by atoms with Crippen LogP contribution in [0.4, 0.5) is 0 Å². The van der Waals surface area contributed by atoms with Gasteiger partial charge in [-0.3, -0.25) is 9.59 Å². The molecular formula is C24H31N3O5. The van der Waals surface area contributed by atoms with E-state index in [1.165, 1.54) is 5.56 Å². The minimum Gasteiger partial charge on any atom is -0.491 e. The van der Waals surface area contributed by atoms with Crippen LogP contribution in [-0.4, -0.2) is 71.8 Å². The Kier molecular flexibility index (Phi) is 6.79. The first-order chi connectivity index (χ1) is 15.5. The lowest BCUT2D eigenvalue weighted by Gasteiger charge is -2.43. The lowest BCUT2D eigenvalue weighted by Crippen LogP contribution is -2.62. The van der Waals surface area contributed by atoms with Crippen molar-refractivity contribution in [2.45, 2.75) is 45.1 Å². The first-order valence-corrected chi connectivity index (χ1v) is 11.4. The summed E-state index contributed by atoms with van der Waals surface area (Å²) >= 11 is 0. The number of aromatic nitrogens is 1. The number of hydrogen-bond donors (Lipinski definition) is 0. The Morgan fingerprint density at radius 1 is 1.19 bits per heavy atom. The van der Waals surface area contributed by atoms with Gasteiger partial charge in [-0.15, -0.1) is 0 Å². The molecule has 3 heterocycles. The van der Waals surface area contributed by atoms with Gasteiger partial charge in [0, 0.05) is 19.2 Å². The fourth-order valence-corrected chi connectivity index (χ4v) is 4.50. The molecule has 1 atom stereocenters. The van der Waals surface area contributed by atoms with Crippen molar-refractivity contribution >= 4 is 11.8 Å². The lowest BCUT2D eigenvalue weighted by atomic mass is 9.91. The zero-order valence-electron chi connectivity index (χ0n) is 18.8. The van der Waals surface area contributed by atoms with Crippen LogP contribution in [0.2, 0.25) is 0 Å². The largest absolute Gasteiger partial charge is 0.491 e. The van der Waals surface area contributed by atoms with E-state index < -0.39 is 5.60 Å². The molecule has 8 heteroatoms. The molecule has 172 valence electrons. The van der Waals surface area contributed by atoms with Crippen LogP contribution >= 0.6 is 0 Å². The number of benzene rings is 1. The van der Waals surface area contributed by atoms with E-state index in [0.29, 0.717) is 45.0 Å². The Morgan fingerprint density at radius 3 is 2.81 bits per heavy atom. The van der Waals surface area contributed by atoms with Gasteiger partial charge in [-0.25, -0.2) is 0 Å². The van der Waals surface area contributed by atoms with Crippen LogP contribution in [0.3, 0.4) is 0 Å². The van der Waals surface area contributed by atoms with Crippen LogP contribution in [0.1, 0.15) is 48.0 Å². The maximum atomic E-state index is 13.7. The van der Waals surface area contributed by atoms with Crippen molar-refractivity contribution in [3.8, 4) is 5.75 Å². The highest BCUT2D eigenvalue weighted by Gasteiger charge is 2.46. The second-order valence-corrected chi connectivity index (χ2v) is 8.45.